The first-order valence-corrected chi connectivity index (χ1v) is 14.0. The van der Waals surface area contributed by atoms with Crippen molar-refractivity contribution in [3.05, 3.63) is 53.7 Å². The Hall–Kier alpha value is -5.13. The van der Waals surface area contributed by atoms with Gasteiger partial charge in [0.1, 0.15) is 6.54 Å². The number of likely N-dealkylation sites (tertiary alicyclic amines) is 1. The Bertz CT molecular complexity index is 1770. The summed E-state index contributed by atoms with van der Waals surface area (Å²) < 4.78 is 74.3. The lowest BCUT2D eigenvalue weighted by molar-refractivity contribution is -0.141. The van der Waals surface area contributed by atoms with Gasteiger partial charge in [0.25, 0.3) is 18.8 Å². The molecule has 13 nitrogen and oxygen atoms in total. The molecule has 1 atom stereocenters. The molecule has 4 heterocycles. The molecule has 3 aromatic heterocycles. The first-order valence-electron chi connectivity index (χ1n) is 14.0. The van der Waals surface area contributed by atoms with Crippen molar-refractivity contribution in [2.24, 2.45) is 5.73 Å². The standard InChI is InChI=1S/C28H28F5N9O4/c1-2-16-17(27(45)37-10-22(44)40-7-5-15(34)11-40)3-4-19(23(16)46-14-43)38-25-26-36-9-20(42(26)8-6-35-25)18-12-41(13-21(29)30)39-24(18)28(31,32)33/h3-4,6,8-9,12,14-15,21H,2,5,7,10-11,13,34H2,1H3,(H,35,38)(H,37,45)/t15-/m1/s1. The number of hydrogen-bond acceptors (Lipinski definition) is 9. The van der Waals surface area contributed by atoms with Crippen molar-refractivity contribution < 1.29 is 41.1 Å². The molecule has 18 heteroatoms. The number of hydrogen-bond donors (Lipinski definition) is 3. The summed E-state index contributed by atoms with van der Waals surface area (Å²) in [5.74, 6) is -0.858. The summed E-state index contributed by atoms with van der Waals surface area (Å²) in [5.41, 5.74) is 4.60. The van der Waals surface area contributed by atoms with Gasteiger partial charge in [-0.3, -0.25) is 23.5 Å². The summed E-state index contributed by atoms with van der Waals surface area (Å²) >= 11 is 0. The first kappa shape index (κ1) is 32.3. The van der Waals surface area contributed by atoms with Gasteiger partial charge in [-0.2, -0.15) is 18.3 Å². The van der Waals surface area contributed by atoms with Crippen molar-refractivity contribution in [3.8, 4) is 17.0 Å². The van der Waals surface area contributed by atoms with Crippen molar-refractivity contribution in [2.45, 2.75) is 45.0 Å². The van der Waals surface area contributed by atoms with E-state index in [1.807, 2.05) is 0 Å². The molecule has 0 unspecified atom stereocenters. The van der Waals surface area contributed by atoms with Crippen molar-refractivity contribution in [3.63, 3.8) is 0 Å². The summed E-state index contributed by atoms with van der Waals surface area (Å²) in [4.78, 5) is 47.0. The lowest BCUT2D eigenvalue weighted by atomic mass is 10.0. The minimum atomic E-state index is -4.94. The molecule has 46 heavy (non-hydrogen) atoms. The molecule has 2 amide bonds. The van der Waals surface area contributed by atoms with E-state index < -0.39 is 36.3 Å². The molecule has 1 saturated heterocycles. The average molecular weight is 650 g/mol. The predicted octanol–water partition coefficient (Wildman–Crippen LogP) is 3.01. The number of nitrogens with two attached hydrogens (primary N) is 1. The van der Waals surface area contributed by atoms with E-state index in [1.165, 1.54) is 28.9 Å². The fourth-order valence-electron chi connectivity index (χ4n) is 5.24. The molecule has 0 radical (unpaired) electrons. The normalized spacial score (nSPS) is 15.0. The Morgan fingerprint density at radius 2 is 2.02 bits per heavy atom. The molecular formula is C28H28F5N9O4. The Labute approximate surface area is 257 Å². The number of aromatic nitrogens is 5. The summed E-state index contributed by atoms with van der Waals surface area (Å²) in [6.07, 6.45) is -2.39. The Kier molecular flexibility index (Phi) is 9.17. The molecule has 0 saturated carbocycles. The molecule has 1 aliphatic rings. The maximum Gasteiger partial charge on any atom is 0.435 e. The zero-order valence-corrected chi connectivity index (χ0v) is 24.2. The van der Waals surface area contributed by atoms with Crippen LogP contribution in [0.4, 0.5) is 33.5 Å². The third-order valence-corrected chi connectivity index (χ3v) is 7.31. The fraction of sp³-hybridized carbons (Fsp3) is 0.357. The minimum absolute atomic E-state index is 0.0230. The van der Waals surface area contributed by atoms with Crippen LogP contribution in [0.25, 0.3) is 16.9 Å². The Morgan fingerprint density at radius 3 is 2.67 bits per heavy atom. The second-order valence-corrected chi connectivity index (χ2v) is 10.3. The van der Waals surface area contributed by atoms with Crippen molar-refractivity contribution in [2.75, 3.05) is 25.0 Å². The van der Waals surface area contributed by atoms with E-state index >= 15 is 0 Å². The Balaban J connectivity index is 1.45. The number of anilines is 2. The molecule has 5 rings (SSSR count). The largest absolute Gasteiger partial charge is 0.435 e. The molecule has 1 aromatic carbocycles. The van der Waals surface area contributed by atoms with Crippen LogP contribution in [0.2, 0.25) is 0 Å². The number of imidazole rings is 1. The van der Waals surface area contributed by atoms with Gasteiger partial charge in [0.15, 0.2) is 22.9 Å². The first-order chi connectivity index (χ1) is 21.9. The van der Waals surface area contributed by atoms with Gasteiger partial charge in [0.2, 0.25) is 5.91 Å². The summed E-state index contributed by atoms with van der Waals surface area (Å²) in [6.45, 7) is 1.49. The van der Waals surface area contributed by atoms with E-state index in [1.54, 1.807) is 11.8 Å². The summed E-state index contributed by atoms with van der Waals surface area (Å²) in [7, 11) is 0. The number of amides is 2. The van der Waals surface area contributed by atoms with E-state index in [0.717, 1.165) is 12.4 Å². The van der Waals surface area contributed by atoms with Gasteiger partial charge in [0.05, 0.1) is 29.7 Å². The number of ether oxygens (including phenoxy) is 1. The van der Waals surface area contributed by atoms with Crippen LogP contribution in [0.15, 0.2) is 36.9 Å². The van der Waals surface area contributed by atoms with Crippen LogP contribution in [-0.2, 0) is 28.7 Å². The number of benzene rings is 1. The van der Waals surface area contributed by atoms with Gasteiger partial charge < -0.3 is 26.0 Å². The van der Waals surface area contributed by atoms with Crippen LogP contribution in [0.5, 0.6) is 5.75 Å². The van der Waals surface area contributed by atoms with Crippen LogP contribution in [0.1, 0.15) is 35.0 Å². The molecule has 0 spiro atoms. The molecule has 1 fully saturated rings. The fourth-order valence-corrected chi connectivity index (χ4v) is 5.24. The number of halogens is 5. The van der Waals surface area contributed by atoms with E-state index in [4.69, 9.17) is 10.5 Å². The van der Waals surface area contributed by atoms with Crippen LogP contribution in [0, 0.1) is 0 Å². The number of nitrogens with zero attached hydrogens (tertiary/aromatic N) is 6. The topological polar surface area (TPSA) is 162 Å². The van der Waals surface area contributed by atoms with Gasteiger partial charge in [0, 0.05) is 48.8 Å². The maximum absolute atomic E-state index is 13.8. The highest BCUT2D eigenvalue weighted by Gasteiger charge is 2.38. The molecular weight excluding hydrogens is 621 g/mol. The van der Waals surface area contributed by atoms with Gasteiger partial charge in [-0.05, 0) is 25.0 Å². The molecule has 0 aliphatic carbocycles. The Morgan fingerprint density at radius 1 is 1.24 bits per heavy atom. The van der Waals surface area contributed by atoms with Gasteiger partial charge >= 0.3 is 6.18 Å². The quantitative estimate of drug-likeness (QED) is 0.164. The van der Waals surface area contributed by atoms with Gasteiger partial charge in [-0.25, -0.2) is 18.7 Å². The number of fused-ring (bicyclic) bond motifs is 1. The number of carbonyl (C=O) groups is 3. The monoisotopic (exact) mass is 649 g/mol. The van der Waals surface area contributed by atoms with Crippen molar-refractivity contribution in [1.29, 1.82) is 0 Å². The highest BCUT2D eigenvalue weighted by atomic mass is 19.4. The van der Waals surface area contributed by atoms with Crippen LogP contribution in [0.3, 0.4) is 0 Å². The second kappa shape index (κ2) is 13.1. The van der Waals surface area contributed by atoms with Gasteiger partial charge in [-0.1, -0.05) is 6.92 Å². The van der Waals surface area contributed by atoms with Crippen molar-refractivity contribution >= 4 is 35.4 Å². The molecule has 0 bridgehead atoms. The molecule has 1 aliphatic heterocycles. The second-order valence-electron chi connectivity index (χ2n) is 10.3. The van der Waals surface area contributed by atoms with Crippen molar-refractivity contribution in [1.82, 2.24) is 34.4 Å². The zero-order chi connectivity index (χ0) is 33.2. The SMILES string of the molecule is CCc1c(C(=O)NCC(=O)N2CC[C@@H](N)C2)ccc(Nc2nccn3c(-c4cn(CC(F)F)nc4C(F)(F)F)cnc23)c1OC=O. The van der Waals surface area contributed by atoms with E-state index in [0.29, 0.717) is 29.8 Å². The van der Waals surface area contributed by atoms with Crippen LogP contribution in [-0.4, -0.2) is 79.4 Å². The number of carbonyl (C=O) groups excluding carboxylic acids is 3. The molecule has 4 aromatic rings. The minimum Gasteiger partial charge on any atom is -0.426 e. The molecule has 4 N–H and O–H groups in total. The maximum atomic E-state index is 13.8. The zero-order valence-electron chi connectivity index (χ0n) is 24.2. The number of rotatable bonds is 11. The summed E-state index contributed by atoms with van der Waals surface area (Å²) in [6, 6.07) is 2.77. The highest BCUT2D eigenvalue weighted by Crippen LogP contribution is 2.38. The lowest BCUT2D eigenvalue weighted by Gasteiger charge is -2.18. The predicted molar refractivity (Wildman–Crippen MR) is 153 cm³/mol. The summed E-state index contributed by atoms with van der Waals surface area (Å²) in [5, 5.41) is 8.86. The highest BCUT2D eigenvalue weighted by molar-refractivity contribution is 5.99. The van der Waals surface area contributed by atoms with Crippen LogP contribution >= 0.6 is 0 Å². The number of alkyl halides is 5. The average Bonchev–Trinajstić information content (AvgIpc) is 3.74. The number of nitrogens with one attached hydrogen (secondary N) is 2. The lowest BCUT2D eigenvalue weighted by Crippen LogP contribution is -2.40. The van der Waals surface area contributed by atoms with Crippen LogP contribution < -0.4 is 21.1 Å². The molecule has 244 valence electrons. The smallest absolute Gasteiger partial charge is 0.426 e. The third-order valence-electron chi connectivity index (χ3n) is 7.31. The third kappa shape index (κ3) is 6.60. The van der Waals surface area contributed by atoms with E-state index in [2.05, 4.69) is 25.7 Å². The van der Waals surface area contributed by atoms with Gasteiger partial charge in [-0.15, -0.1) is 0 Å². The van der Waals surface area contributed by atoms with E-state index in [9.17, 15) is 36.3 Å². The van der Waals surface area contributed by atoms with E-state index in [-0.39, 0.29) is 65.5 Å².